The third kappa shape index (κ3) is 1.46. The van der Waals surface area contributed by atoms with Crippen LogP contribution in [0.5, 0.6) is 0 Å². The predicted molar refractivity (Wildman–Crippen MR) is 32.5 cm³/mol. The van der Waals surface area contributed by atoms with Gasteiger partial charge in [-0.3, -0.25) is 0 Å². The van der Waals surface area contributed by atoms with Gasteiger partial charge in [0.05, 0.1) is 6.61 Å². The van der Waals surface area contributed by atoms with Crippen molar-refractivity contribution in [2.75, 3.05) is 6.61 Å². The van der Waals surface area contributed by atoms with E-state index in [9.17, 15) is 4.79 Å². The lowest BCUT2D eigenvalue weighted by Crippen LogP contribution is -2.22. The zero-order valence-corrected chi connectivity index (χ0v) is 5.74. The maximum atomic E-state index is 10.3. The predicted octanol–water partition coefficient (Wildman–Crippen LogP) is 0.222. The Morgan fingerprint density at radius 2 is 2.50 bits per heavy atom. The summed E-state index contributed by atoms with van der Waals surface area (Å²) in [6, 6.07) is 0. The van der Waals surface area contributed by atoms with E-state index in [0.717, 1.165) is 0 Å². The van der Waals surface area contributed by atoms with Crippen molar-refractivity contribution < 1.29 is 19.4 Å². The highest BCUT2D eigenvalue weighted by Gasteiger charge is 2.29. The van der Waals surface area contributed by atoms with E-state index in [0.29, 0.717) is 6.42 Å². The Morgan fingerprint density at radius 1 is 1.80 bits per heavy atom. The van der Waals surface area contributed by atoms with Crippen LogP contribution in [0, 0.1) is 0 Å². The van der Waals surface area contributed by atoms with E-state index < -0.39 is 12.1 Å². The van der Waals surface area contributed by atoms with Crippen molar-refractivity contribution in [3.63, 3.8) is 0 Å². The summed E-state index contributed by atoms with van der Waals surface area (Å²) in [4.78, 5) is 10.3. The zero-order chi connectivity index (χ0) is 7.56. The number of aliphatic carboxylic acids is 1. The van der Waals surface area contributed by atoms with E-state index in [1.807, 2.05) is 6.92 Å². The molecule has 0 amide bonds. The Hall–Kier alpha value is -0.610. The van der Waals surface area contributed by atoms with Gasteiger partial charge < -0.3 is 14.6 Å². The molecule has 1 aliphatic heterocycles. The number of ether oxygens (including phenoxy) is 2. The molecule has 0 radical (unpaired) electrons. The Balaban J connectivity index is 2.35. The van der Waals surface area contributed by atoms with E-state index in [-0.39, 0.29) is 12.9 Å². The number of carbonyl (C=O) groups is 1. The first-order chi connectivity index (χ1) is 4.74. The van der Waals surface area contributed by atoms with E-state index in [2.05, 4.69) is 0 Å². The van der Waals surface area contributed by atoms with Gasteiger partial charge >= 0.3 is 5.97 Å². The van der Waals surface area contributed by atoms with Crippen LogP contribution in [0.3, 0.4) is 0 Å². The van der Waals surface area contributed by atoms with Crippen LogP contribution < -0.4 is 0 Å². The first kappa shape index (κ1) is 7.50. The van der Waals surface area contributed by atoms with Crippen LogP contribution in [-0.4, -0.2) is 30.1 Å². The number of carboxylic acids is 1. The second-order valence-electron chi connectivity index (χ2n) is 2.13. The number of hydrogen-bond acceptors (Lipinski definition) is 3. The molecular weight excluding hydrogens is 136 g/mol. The highest BCUT2D eigenvalue weighted by Crippen LogP contribution is 2.13. The average molecular weight is 146 g/mol. The minimum atomic E-state index is -0.948. The lowest BCUT2D eigenvalue weighted by Gasteiger charge is -2.04. The molecule has 1 saturated heterocycles. The van der Waals surface area contributed by atoms with Crippen LogP contribution >= 0.6 is 0 Å². The molecule has 4 heteroatoms. The smallest absolute Gasteiger partial charge is 0.335 e. The quantitative estimate of drug-likeness (QED) is 0.605. The highest BCUT2D eigenvalue weighted by atomic mass is 16.7. The van der Waals surface area contributed by atoms with Gasteiger partial charge in [-0.1, -0.05) is 6.92 Å². The van der Waals surface area contributed by atoms with E-state index in [1.165, 1.54) is 0 Å². The molecule has 1 heterocycles. The topological polar surface area (TPSA) is 55.8 Å². The molecule has 0 aromatic carbocycles. The Bertz CT molecular complexity index is 134. The monoisotopic (exact) mass is 146 g/mol. The summed E-state index contributed by atoms with van der Waals surface area (Å²) in [5, 5.41) is 8.42. The Labute approximate surface area is 58.7 Å². The highest BCUT2D eigenvalue weighted by molar-refractivity contribution is 5.72. The maximum Gasteiger partial charge on any atom is 0.335 e. The Kier molecular flexibility index (Phi) is 2.24. The van der Waals surface area contributed by atoms with Gasteiger partial charge in [-0.2, -0.15) is 0 Å². The minimum absolute atomic E-state index is 0.174. The molecule has 0 aromatic heterocycles. The maximum absolute atomic E-state index is 10.3. The van der Waals surface area contributed by atoms with Gasteiger partial charge in [0, 0.05) is 0 Å². The normalized spacial score (nSPS) is 32.5. The van der Waals surface area contributed by atoms with Crippen LogP contribution in [0.25, 0.3) is 0 Å². The minimum Gasteiger partial charge on any atom is -0.479 e. The summed E-state index contributed by atoms with van der Waals surface area (Å²) in [5.74, 6) is -0.948. The standard InChI is InChI=1S/C6H10O4/c1-2-5-9-3-4(10-5)6(7)8/h4-5H,2-3H2,1H3,(H,7,8)/t4-,5-/m1/s1. The second-order valence-corrected chi connectivity index (χ2v) is 2.13. The molecule has 0 bridgehead atoms. The summed E-state index contributed by atoms with van der Waals surface area (Å²) in [6.45, 7) is 2.06. The lowest BCUT2D eigenvalue weighted by molar-refractivity contribution is -0.150. The average Bonchev–Trinajstić information content (AvgIpc) is 2.34. The van der Waals surface area contributed by atoms with Crippen molar-refractivity contribution in [1.29, 1.82) is 0 Å². The first-order valence-corrected chi connectivity index (χ1v) is 3.24. The number of rotatable bonds is 2. The fourth-order valence-corrected chi connectivity index (χ4v) is 0.800. The summed E-state index contributed by atoms with van der Waals surface area (Å²) in [7, 11) is 0. The fraction of sp³-hybridized carbons (Fsp3) is 0.833. The molecule has 1 N–H and O–H groups in total. The fourth-order valence-electron chi connectivity index (χ4n) is 0.800. The number of carboxylic acid groups (broad SMARTS) is 1. The SMILES string of the molecule is CC[C@@H]1OC[C@H](C(=O)O)O1. The van der Waals surface area contributed by atoms with E-state index in [1.54, 1.807) is 0 Å². The van der Waals surface area contributed by atoms with Crippen molar-refractivity contribution >= 4 is 5.97 Å². The molecule has 2 atom stereocenters. The molecule has 1 fully saturated rings. The number of hydrogen-bond donors (Lipinski definition) is 1. The van der Waals surface area contributed by atoms with Gasteiger partial charge in [0.2, 0.25) is 0 Å². The van der Waals surface area contributed by atoms with E-state index >= 15 is 0 Å². The van der Waals surface area contributed by atoms with Gasteiger partial charge in [0.15, 0.2) is 12.4 Å². The van der Waals surface area contributed by atoms with Gasteiger partial charge in [-0.05, 0) is 6.42 Å². The van der Waals surface area contributed by atoms with Crippen molar-refractivity contribution in [1.82, 2.24) is 0 Å². The zero-order valence-electron chi connectivity index (χ0n) is 5.74. The van der Waals surface area contributed by atoms with Crippen LogP contribution in [0.15, 0.2) is 0 Å². The van der Waals surface area contributed by atoms with Crippen molar-refractivity contribution in [2.24, 2.45) is 0 Å². The molecule has 0 aromatic rings. The summed E-state index contributed by atoms with van der Waals surface area (Å²) < 4.78 is 9.92. The van der Waals surface area contributed by atoms with Crippen LogP contribution in [0.1, 0.15) is 13.3 Å². The molecule has 0 saturated carbocycles. The van der Waals surface area contributed by atoms with Gasteiger partial charge in [-0.25, -0.2) is 4.79 Å². The molecule has 1 aliphatic rings. The second kappa shape index (κ2) is 2.98. The molecule has 0 unspecified atom stereocenters. The lowest BCUT2D eigenvalue weighted by atomic mass is 10.4. The third-order valence-electron chi connectivity index (χ3n) is 1.36. The van der Waals surface area contributed by atoms with Gasteiger partial charge in [0.1, 0.15) is 0 Å². The van der Waals surface area contributed by atoms with Crippen molar-refractivity contribution in [3.05, 3.63) is 0 Å². The van der Waals surface area contributed by atoms with Crippen LogP contribution in [-0.2, 0) is 14.3 Å². The molecule has 0 spiro atoms. The van der Waals surface area contributed by atoms with Gasteiger partial charge in [0.25, 0.3) is 0 Å². The third-order valence-corrected chi connectivity index (χ3v) is 1.36. The summed E-state index contributed by atoms with van der Waals surface area (Å²) in [6.07, 6.45) is -0.380. The molecule has 10 heavy (non-hydrogen) atoms. The largest absolute Gasteiger partial charge is 0.479 e. The summed E-state index contributed by atoms with van der Waals surface area (Å²) in [5.41, 5.74) is 0. The van der Waals surface area contributed by atoms with Crippen molar-refractivity contribution in [2.45, 2.75) is 25.7 Å². The molecular formula is C6H10O4. The van der Waals surface area contributed by atoms with Gasteiger partial charge in [-0.15, -0.1) is 0 Å². The molecule has 1 rings (SSSR count). The summed E-state index contributed by atoms with van der Waals surface area (Å²) >= 11 is 0. The van der Waals surface area contributed by atoms with E-state index in [4.69, 9.17) is 14.6 Å². The van der Waals surface area contributed by atoms with Crippen molar-refractivity contribution in [3.8, 4) is 0 Å². The molecule has 0 aliphatic carbocycles. The van der Waals surface area contributed by atoms with Crippen LogP contribution in [0.4, 0.5) is 0 Å². The molecule has 58 valence electrons. The molecule has 4 nitrogen and oxygen atoms in total. The van der Waals surface area contributed by atoms with Crippen LogP contribution in [0.2, 0.25) is 0 Å². The first-order valence-electron chi connectivity index (χ1n) is 3.24. The Morgan fingerprint density at radius 3 is 2.80 bits per heavy atom.